The zero-order chi connectivity index (χ0) is 15.9. The highest BCUT2D eigenvalue weighted by molar-refractivity contribution is 7.91. The summed E-state index contributed by atoms with van der Waals surface area (Å²) < 4.78 is 22.9. The molecule has 0 aromatic heterocycles. The van der Waals surface area contributed by atoms with Crippen molar-refractivity contribution in [2.24, 2.45) is 0 Å². The van der Waals surface area contributed by atoms with Crippen molar-refractivity contribution in [2.45, 2.75) is 13.0 Å². The second-order valence-electron chi connectivity index (χ2n) is 6.05. The number of carboxylic acid groups (broad SMARTS) is 1. The van der Waals surface area contributed by atoms with E-state index in [0.717, 1.165) is 24.3 Å². The number of carbonyl (C=O) groups is 1. The van der Waals surface area contributed by atoms with E-state index in [1.807, 2.05) is 12.1 Å². The maximum atomic E-state index is 11.5. The quantitative estimate of drug-likeness (QED) is 0.878. The standard InChI is InChI=1S/C15H20N2O4S/c1-11-2-3-12(8-14(11)15(18)19)17-9-13(10-17)16-4-6-22(20,21)7-5-16/h2-3,8,13H,4-7,9-10H2,1H3,(H,18,19). The van der Waals surface area contributed by atoms with Crippen molar-refractivity contribution >= 4 is 21.5 Å². The molecule has 0 bridgehead atoms. The largest absolute Gasteiger partial charge is 0.478 e. The lowest BCUT2D eigenvalue weighted by Gasteiger charge is -2.47. The van der Waals surface area contributed by atoms with E-state index in [1.165, 1.54) is 0 Å². The molecule has 22 heavy (non-hydrogen) atoms. The molecule has 3 rings (SSSR count). The molecule has 2 aliphatic rings. The van der Waals surface area contributed by atoms with Crippen molar-refractivity contribution in [3.63, 3.8) is 0 Å². The first-order valence-electron chi connectivity index (χ1n) is 7.39. The summed E-state index contributed by atoms with van der Waals surface area (Å²) in [5.41, 5.74) is 2.02. The summed E-state index contributed by atoms with van der Waals surface area (Å²) in [6.07, 6.45) is 0. The maximum Gasteiger partial charge on any atom is 0.336 e. The van der Waals surface area contributed by atoms with E-state index in [2.05, 4.69) is 9.80 Å². The molecule has 2 saturated heterocycles. The lowest BCUT2D eigenvalue weighted by Crippen LogP contribution is -2.62. The molecule has 0 amide bonds. The Labute approximate surface area is 130 Å². The first-order chi connectivity index (χ1) is 10.4. The van der Waals surface area contributed by atoms with E-state index >= 15 is 0 Å². The Morgan fingerprint density at radius 2 is 1.86 bits per heavy atom. The first kappa shape index (κ1) is 15.3. The van der Waals surface area contributed by atoms with Crippen molar-refractivity contribution in [1.82, 2.24) is 4.90 Å². The van der Waals surface area contributed by atoms with Gasteiger partial charge in [0.2, 0.25) is 0 Å². The maximum absolute atomic E-state index is 11.5. The highest BCUT2D eigenvalue weighted by Crippen LogP contribution is 2.26. The second-order valence-corrected chi connectivity index (χ2v) is 8.35. The molecule has 0 spiro atoms. The predicted molar refractivity (Wildman–Crippen MR) is 84.4 cm³/mol. The Bertz CT molecular complexity index is 681. The van der Waals surface area contributed by atoms with Crippen LogP contribution in [0.3, 0.4) is 0 Å². The third kappa shape index (κ3) is 2.96. The zero-order valence-corrected chi connectivity index (χ0v) is 13.3. The number of aryl methyl sites for hydroxylation is 1. The lowest BCUT2D eigenvalue weighted by molar-refractivity contribution is 0.0696. The SMILES string of the molecule is Cc1ccc(N2CC(N3CCS(=O)(=O)CC3)C2)cc1C(=O)O. The molecule has 2 aliphatic heterocycles. The van der Waals surface area contributed by atoms with Gasteiger partial charge in [-0.05, 0) is 24.6 Å². The lowest BCUT2D eigenvalue weighted by atomic mass is 10.0. The summed E-state index contributed by atoms with van der Waals surface area (Å²) in [5.74, 6) is -0.411. The molecule has 1 N–H and O–H groups in total. The van der Waals surface area contributed by atoms with Gasteiger partial charge in [-0.2, -0.15) is 0 Å². The molecule has 2 fully saturated rings. The minimum atomic E-state index is -2.84. The van der Waals surface area contributed by atoms with Gasteiger partial charge in [0.1, 0.15) is 0 Å². The molecular weight excluding hydrogens is 304 g/mol. The Hall–Kier alpha value is -1.60. The summed E-state index contributed by atoms with van der Waals surface area (Å²) in [6, 6.07) is 5.86. The highest BCUT2D eigenvalue weighted by Gasteiger charge is 2.35. The summed E-state index contributed by atoms with van der Waals surface area (Å²) >= 11 is 0. The monoisotopic (exact) mass is 324 g/mol. The minimum absolute atomic E-state index is 0.247. The number of carboxylic acids is 1. The van der Waals surface area contributed by atoms with Crippen molar-refractivity contribution < 1.29 is 18.3 Å². The molecule has 0 unspecified atom stereocenters. The molecule has 6 nitrogen and oxygen atoms in total. The number of rotatable bonds is 3. The van der Waals surface area contributed by atoms with Crippen LogP contribution < -0.4 is 4.90 Å². The van der Waals surface area contributed by atoms with E-state index < -0.39 is 15.8 Å². The van der Waals surface area contributed by atoms with Crippen LogP contribution in [0, 0.1) is 6.92 Å². The Kier molecular flexibility index (Phi) is 3.86. The molecule has 0 saturated carbocycles. The summed E-state index contributed by atoms with van der Waals surface area (Å²) in [5, 5.41) is 9.18. The fraction of sp³-hybridized carbons (Fsp3) is 0.533. The van der Waals surface area contributed by atoms with Crippen LogP contribution in [0.5, 0.6) is 0 Å². The highest BCUT2D eigenvalue weighted by atomic mass is 32.2. The number of hydrogen-bond donors (Lipinski definition) is 1. The molecule has 120 valence electrons. The second kappa shape index (κ2) is 5.55. The van der Waals surface area contributed by atoms with Crippen LogP contribution in [0.1, 0.15) is 15.9 Å². The molecule has 1 aromatic carbocycles. The van der Waals surface area contributed by atoms with Gasteiger partial charge in [-0.25, -0.2) is 13.2 Å². The van der Waals surface area contributed by atoms with Gasteiger partial charge in [-0.15, -0.1) is 0 Å². The smallest absolute Gasteiger partial charge is 0.336 e. The average molecular weight is 324 g/mol. The van der Waals surface area contributed by atoms with Gasteiger partial charge in [0.15, 0.2) is 9.84 Å². The van der Waals surface area contributed by atoms with Gasteiger partial charge in [0.05, 0.1) is 17.1 Å². The van der Waals surface area contributed by atoms with E-state index in [0.29, 0.717) is 24.7 Å². The normalized spacial score (nSPS) is 22.3. The summed E-state index contributed by atoms with van der Waals surface area (Å²) in [7, 11) is -2.84. The number of benzene rings is 1. The van der Waals surface area contributed by atoms with Crippen LogP contribution in [0.15, 0.2) is 18.2 Å². The summed E-state index contributed by atoms with van der Waals surface area (Å²) in [4.78, 5) is 15.6. The van der Waals surface area contributed by atoms with Gasteiger partial charge in [-0.3, -0.25) is 4.90 Å². The van der Waals surface area contributed by atoms with Gasteiger partial charge in [-0.1, -0.05) is 6.07 Å². The molecule has 0 aliphatic carbocycles. The van der Waals surface area contributed by atoms with Crippen LogP contribution in [0.2, 0.25) is 0 Å². The van der Waals surface area contributed by atoms with Crippen LogP contribution in [0.4, 0.5) is 5.69 Å². The number of sulfone groups is 1. The number of anilines is 1. The van der Waals surface area contributed by atoms with Crippen LogP contribution in [-0.2, 0) is 9.84 Å². The molecular formula is C15H20N2O4S. The molecule has 7 heteroatoms. The fourth-order valence-corrected chi connectivity index (χ4v) is 4.26. The Morgan fingerprint density at radius 1 is 1.23 bits per heavy atom. The van der Waals surface area contributed by atoms with E-state index in [9.17, 15) is 18.3 Å². The third-order valence-electron chi connectivity index (χ3n) is 4.57. The van der Waals surface area contributed by atoms with Gasteiger partial charge in [0.25, 0.3) is 0 Å². The fourth-order valence-electron chi connectivity index (χ4n) is 3.03. The van der Waals surface area contributed by atoms with Crippen LogP contribution in [0.25, 0.3) is 0 Å². The van der Waals surface area contributed by atoms with Gasteiger partial charge in [0, 0.05) is 37.9 Å². The number of hydrogen-bond acceptors (Lipinski definition) is 5. The third-order valence-corrected chi connectivity index (χ3v) is 6.18. The van der Waals surface area contributed by atoms with Gasteiger partial charge >= 0.3 is 5.97 Å². The topological polar surface area (TPSA) is 77.9 Å². The van der Waals surface area contributed by atoms with E-state index in [-0.39, 0.29) is 11.5 Å². The molecule has 0 radical (unpaired) electrons. The summed E-state index contributed by atoms with van der Waals surface area (Å²) in [6.45, 7) is 4.65. The minimum Gasteiger partial charge on any atom is -0.478 e. The zero-order valence-electron chi connectivity index (χ0n) is 12.5. The average Bonchev–Trinajstić information content (AvgIpc) is 2.40. The van der Waals surface area contributed by atoms with Crippen molar-refractivity contribution in [3.05, 3.63) is 29.3 Å². The van der Waals surface area contributed by atoms with Gasteiger partial charge < -0.3 is 10.0 Å². The number of nitrogens with zero attached hydrogens (tertiary/aromatic N) is 2. The van der Waals surface area contributed by atoms with Crippen LogP contribution in [-0.4, -0.2) is 68.1 Å². The molecule has 2 heterocycles. The van der Waals surface area contributed by atoms with E-state index in [1.54, 1.807) is 13.0 Å². The number of aromatic carboxylic acids is 1. The Balaban J connectivity index is 1.62. The molecule has 1 aromatic rings. The Morgan fingerprint density at radius 3 is 2.45 bits per heavy atom. The van der Waals surface area contributed by atoms with Crippen molar-refractivity contribution in [2.75, 3.05) is 42.6 Å². The van der Waals surface area contributed by atoms with E-state index in [4.69, 9.17) is 0 Å². The first-order valence-corrected chi connectivity index (χ1v) is 9.21. The van der Waals surface area contributed by atoms with Crippen molar-refractivity contribution in [1.29, 1.82) is 0 Å². The molecule has 0 atom stereocenters. The predicted octanol–water partition coefficient (Wildman–Crippen LogP) is 0.612. The van der Waals surface area contributed by atoms with Crippen molar-refractivity contribution in [3.8, 4) is 0 Å². The van der Waals surface area contributed by atoms with Crippen LogP contribution >= 0.6 is 0 Å².